The Labute approximate surface area is 449 Å². The summed E-state index contributed by atoms with van der Waals surface area (Å²) in [6, 6.07) is 0. The molecular weight excluding hydrogens is 1060 g/mol. The molecule has 0 amide bonds. The maximum Gasteiger partial charge on any atom is 0.0414 e. The van der Waals surface area contributed by atoms with E-state index in [0.717, 1.165) is 51.4 Å². The second-order valence-electron chi connectivity index (χ2n) is 20.0. The third-order valence-corrected chi connectivity index (χ3v) is 12.9. The molecule has 0 fully saturated rings. The van der Waals surface area contributed by atoms with Crippen LogP contribution in [0.4, 0.5) is 0 Å². The smallest absolute Gasteiger partial charge is 0.0414 e. The minimum atomic E-state index is -0.905. The molecular formula is C60H116O8Pb-4. The van der Waals surface area contributed by atoms with E-state index in [1.54, 1.807) is 0 Å². The third kappa shape index (κ3) is 93.4. The molecule has 412 valence electrons. The van der Waals surface area contributed by atoms with Gasteiger partial charge in [-0.15, -0.1) is 0 Å². The standard InChI is InChI=1S/4C15H30O2.Pb/c4*1-2-3-4-5-6-7-8-9-10-11-12-13-14-15(16)17;/h4*2-14H2,1H3,(H,16,17);/p-4. The van der Waals surface area contributed by atoms with Gasteiger partial charge in [0.2, 0.25) is 0 Å². The number of carbonyl (C=O) groups excluding carboxylic acids is 4. The molecule has 0 aromatic carbocycles. The van der Waals surface area contributed by atoms with Gasteiger partial charge < -0.3 is 39.6 Å². The molecule has 0 atom stereocenters. The quantitative estimate of drug-likeness (QED) is 0.0430. The van der Waals surface area contributed by atoms with E-state index in [2.05, 4.69) is 27.7 Å². The summed E-state index contributed by atoms with van der Waals surface area (Å²) in [4.78, 5) is 40.7. The SMILES string of the molecule is CCCCCCCCCCCCCCC(=O)[O-].CCCCCCCCCCCCCCC(=O)[O-].CCCCCCCCCCCCCCC(=O)[O-].CCCCCCCCCCCCCCC(=O)[O-].[Pb]. The van der Waals surface area contributed by atoms with Crippen molar-refractivity contribution in [2.75, 3.05) is 0 Å². The van der Waals surface area contributed by atoms with Gasteiger partial charge in [0.05, 0.1) is 0 Å². The Morgan fingerprint density at radius 3 is 0.362 bits per heavy atom. The Kier molecular flexibility index (Phi) is 81.5. The Hall–Kier alpha value is -1.20. The Bertz CT molecular complexity index is 825. The molecule has 69 heavy (non-hydrogen) atoms. The average molecular weight is 1170 g/mol. The van der Waals surface area contributed by atoms with Crippen LogP contribution in [-0.2, 0) is 19.2 Å². The van der Waals surface area contributed by atoms with Crippen LogP contribution in [0, 0.1) is 0 Å². The zero-order valence-corrected chi connectivity index (χ0v) is 50.4. The first-order chi connectivity index (χ1) is 33.1. The predicted molar refractivity (Wildman–Crippen MR) is 289 cm³/mol. The number of carbonyl (C=O) groups is 4. The Morgan fingerprint density at radius 1 is 0.188 bits per heavy atom. The van der Waals surface area contributed by atoms with Crippen LogP contribution < -0.4 is 20.4 Å². The minimum Gasteiger partial charge on any atom is -0.550 e. The van der Waals surface area contributed by atoms with E-state index in [1.807, 2.05) is 0 Å². The number of hydrogen-bond acceptors (Lipinski definition) is 8. The number of unbranched alkanes of at least 4 members (excludes halogenated alkanes) is 44. The summed E-state index contributed by atoms with van der Waals surface area (Å²) in [5.74, 6) is -3.62. The van der Waals surface area contributed by atoms with Crippen LogP contribution in [0.15, 0.2) is 0 Å². The van der Waals surface area contributed by atoms with Gasteiger partial charge in [-0.25, -0.2) is 0 Å². The monoisotopic (exact) mass is 1170 g/mol. The van der Waals surface area contributed by atoms with Crippen LogP contribution in [0.3, 0.4) is 0 Å². The van der Waals surface area contributed by atoms with Gasteiger partial charge in [-0.1, -0.05) is 310 Å². The van der Waals surface area contributed by atoms with Gasteiger partial charge in [-0.2, -0.15) is 0 Å². The van der Waals surface area contributed by atoms with Gasteiger partial charge in [0.1, 0.15) is 0 Å². The van der Waals surface area contributed by atoms with Crippen molar-refractivity contribution in [3.05, 3.63) is 0 Å². The van der Waals surface area contributed by atoms with Crippen LogP contribution in [0.2, 0.25) is 0 Å². The van der Waals surface area contributed by atoms with Crippen molar-refractivity contribution in [3.63, 3.8) is 0 Å². The first-order valence-electron chi connectivity index (χ1n) is 29.9. The molecule has 0 aromatic heterocycles. The van der Waals surface area contributed by atoms with E-state index in [0.29, 0.717) is 0 Å². The molecule has 9 heteroatoms. The fraction of sp³-hybridized carbons (Fsp3) is 0.933. The second kappa shape index (κ2) is 73.3. The van der Waals surface area contributed by atoms with E-state index in [1.165, 1.54) is 257 Å². The Balaban J connectivity index is -0.000000263. The van der Waals surface area contributed by atoms with Crippen LogP contribution >= 0.6 is 0 Å². The summed E-state index contributed by atoms with van der Waals surface area (Å²) < 4.78 is 0. The largest absolute Gasteiger partial charge is 0.550 e. The summed E-state index contributed by atoms with van der Waals surface area (Å²) >= 11 is 0. The summed E-state index contributed by atoms with van der Waals surface area (Å²) in [7, 11) is 0. The van der Waals surface area contributed by atoms with Crippen LogP contribution in [-0.4, -0.2) is 51.2 Å². The molecule has 0 spiro atoms. The van der Waals surface area contributed by atoms with Gasteiger partial charge in [0, 0.05) is 51.2 Å². The fourth-order valence-corrected chi connectivity index (χ4v) is 8.44. The van der Waals surface area contributed by atoms with Gasteiger partial charge in [-0.05, 0) is 51.4 Å². The van der Waals surface area contributed by atoms with Crippen molar-refractivity contribution in [1.29, 1.82) is 0 Å². The van der Waals surface area contributed by atoms with E-state index in [-0.39, 0.29) is 53.0 Å². The molecule has 0 unspecified atom stereocenters. The van der Waals surface area contributed by atoms with Crippen molar-refractivity contribution in [2.45, 2.75) is 362 Å². The number of carboxylic acids is 4. The molecule has 0 heterocycles. The normalized spacial score (nSPS) is 10.5. The molecule has 0 saturated heterocycles. The molecule has 0 aliphatic carbocycles. The zero-order chi connectivity index (χ0) is 51.1. The second-order valence-corrected chi connectivity index (χ2v) is 20.0. The topological polar surface area (TPSA) is 161 Å². The first-order valence-corrected chi connectivity index (χ1v) is 29.9. The molecule has 0 N–H and O–H groups in total. The summed E-state index contributed by atoms with van der Waals surface area (Å²) in [6.07, 6.45) is 61.9. The van der Waals surface area contributed by atoms with Crippen molar-refractivity contribution < 1.29 is 39.6 Å². The summed E-state index contributed by atoms with van der Waals surface area (Å²) in [5, 5.41) is 40.7. The number of rotatable bonds is 52. The van der Waals surface area contributed by atoms with Crippen LogP contribution in [0.5, 0.6) is 0 Å². The number of carboxylic acid groups (broad SMARTS) is 4. The number of hydrogen-bond donors (Lipinski definition) is 0. The van der Waals surface area contributed by atoms with E-state index in [9.17, 15) is 39.6 Å². The van der Waals surface area contributed by atoms with Gasteiger partial charge in [-0.3, -0.25) is 0 Å². The Morgan fingerprint density at radius 2 is 0.275 bits per heavy atom. The van der Waals surface area contributed by atoms with Crippen molar-refractivity contribution in [2.24, 2.45) is 0 Å². The minimum absolute atomic E-state index is 0. The first kappa shape index (κ1) is 76.7. The molecule has 8 nitrogen and oxygen atoms in total. The van der Waals surface area contributed by atoms with Crippen LogP contribution in [0.1, 0.15) is 362 Å². The molecule has 0 bridgehead atoms. The maximum atomic E-state index is 10.2. The van der Waals surface area contributed by atoms with Crippen LogP contribution in [0.25, 0.3) is 0 Å². The van der Waals surface area contributed by atoms with E-state index >= 15 is 0 Å². The molecule has 0 aromatic rings. The molecule has 0 rings (SSSR count). The van der Waals surface area contributed by atoms with Crippen molar-refractivity contribution >= 4 is 51.2 Å². The predicted octanol–water partition coefficient (Wildman–Crippen LogP) is 14.9. The van der Waals surface area contributed by atoms with Gasteiger partial charge in [0.25, 0.3) is 0 Å². The van der Waals surface area contributed by atoms with Gasteiger partial charge in [0.15, 0.2) is 0 Å². The maximum absolute atomic E-state index is 10.2. The molecule has 4 radical (unpaired) electrons. The van der Waals surface area contributed by atoms with Crippen molar-refractivity contribution in [3.8, 4) is 0 Å². The van der Waals surface area contributed by atoms with Gasteiger partial charge >= 0.3 is 0 Å². The average Bonchev–Trinajstić information content (AvgIpc) is 3.30. The number of aliphatic carboxylic acids is 4. The molecule has 0 aliphatic heterocycles. The molecule has 0 saturated carbocycles. The fourth-order valence-electron chi connectivity index (χ4n) is 8.44. The van der Waals surface area contributed by atoms with E-state index in [4.69, 9.17) is 0 Å². The molecule has 0 aliphatic rings. The summed E-state index contributed by atoms with van der Waals surface area (Å²) in [6.45, 7) is 9.00. The summed E-state index contributed by atoms with van der Waals surface area (Å²) in [5.41, 5.74) is 0. The van der Waals surface area contributed by atoms with E-state index < -0.39 is 23.9 Å². The third-order valence-electron chi connectivity index (χ3n) is 12.9. The zero-order valence-electron chi connectivity index (χ0n) is 46.5. The van der Waals surface area contributed by atoms with Crippen molar-refractivity contribution in [1.82, 2.24) is 0 Å².